The monoisotopic (exact) mass is 446 g/mol. The maximum Gasteiger partial charge on any atom is 0.348 e. The lowest BCUT2D eigenvalue weighted by Gasteiger charge is -2.29. The molecule has 8 heteroatoms. The van der Waals surface area contributed by atoms with Crippen LogP contribution in [0.25, 0.3) is 6.08 Å². The van der Waals surface area contributed by atoms with Crippen molar-refractivity contribution in [3.63, 3.8) is 0 Å². The van der Waals surface area contributed by atoms with Gasteiger partial charge in [0, 0.05) is 20.8 Å². The lowest BCUT2D eigenvalue weighted by atomic mass is 10.1. The summed E-state index contributed by atoms with van der Waals surface area (Å²) in [5, 5.41) is 0. The highest BCUT2D eigenvalue weighted by molar-refractivity contribution is 14.1. The Morgan fingerprint density at radius 2 is 1.79 bits per heavy atom. The molecular weight excluding hydrogens is 431 g/mol. The molecule has 0 aliphatic carbocycles. The van der Waals surface area contributed by atoms with Crippen LogP contribution in [0.3, 0.4) is 0 Å². The minimum Gasteiger partial charge on any atom is -0.493 e. The standard InChI is InChI=1S/C16H15IO7/c1-8(18)22-13-11(17)6-9(7-12(13)21-4)5-10-14(19)23-16(2,3)24-15(10)20/h5-7H,1-4H3. The van der Waals surface area contributed by atoms with Crippen molar-refractivity contribution in [2.45, 2.75) is 26.6 Å². The molecule has 1 heterocycles. The normalized spacial score (nSPS) is 16.1. The quantitative estimate of drug-likeness (QED) is 0.232. The SMILES string of the molecule is COc1cc(C=C2C(=O)OC(C)(C)OC2=O)cc(I)c1OC(C)=O. The number of benzene rings is 1. The van der Waals surface area contributed by atoms with Gasteiger partial charge in [-0.15, -0.1) is 0 Å². The number of carbonyl (C=O) groups is 3. The molecule has 0 N–H and O–H groups in total. The predicted molar refractivity (Wildman–Crippen MR) is 91.3 cm³/mol. The summed E-state index contributed by atoms with van der Waals surface area (Å²) < 4.78 is 21.0. The van der Waals surface area contributed by atoms with Gasteiger partial charge >= 0.3 is 17.9 Å². The van der Waals surface area contributed by atoms with Gasteiger partial charge in [0.2, 0.25) is 0 Å². The molecular formula is C16H15IO7. The highest BCUT2D eigenvalue weighted by atomic mass is 127. The fourth-order valence-corrected chi connectivity index (χ4v) is 2.75. The van der Waals surface area contributed by atoms with Gasteiger partial charge < -0.3 is 18.9 Å². The summed E-state index contributed by atoms with van der Waals surface area (Å²) in [7, 11) is 1.42. The van der Waals surface area contributed by atoms with Crippen LogP contribution in [0.4, 0.5) is 0 Å². The first-order valence-corrected chi connectivity index (χ1v) is 7.95. The number of rotatable bonds is 3. The average Bonchev–Trinajstić information content (AvgIpc) is 2.44. The maximum absolute atomic E-state index is 12.0. The van der Waals surface area contributed by atoms with E-state index in [1.165, 1.54) is 40.0 Å². The van der Waals surface area contributed by atoms with Crippen molar-refractivity contribution >= 4 is 46.6 Å². The van der Waals surface area contributed by atoms with E-state index in [0.29, 0.717) is 14.9 Å². The molecule has 1 fully saturated rings. The Hall–Kier alpha value is -2.10. The van der Waals surface area contributed by atoms with Gasteiger partial charge in [-0.1, -0.05) is 0 Å². The van der Waals surface area contributed by atoms with Crippen molar-refractivity contribution in [3.8, 4) is 11.5 Å². The van der Waals surface area contributed by atoms with Crippen molar-refractivity contribution in [1.82, 2.24) is 0 Å². The smallest absolute Gasteiger partial charge is 0.348 e. The van der Waals surface area contributed by atoms with Crippen molar-refractivity contribution in [2.24, 2.45) is 0 Å². The van der Waals surface area contributed by atoms with Gasteiger partial charge in [-0.05, 0) is 46.4 Å². The minimum atomic E-state index is -1.29. The van der Waals surface area contributed by atoms with Crippen LogP contribution >= 0.6 is 22.6 Å². The molecule has 0 radical (unpaired) electrons. The first kappa shape index (κ1) is 18.2. The Bertz CT molecular complexity index is 727. The third kappa shape index (κ3) is 4.05. The van der Waals surface area contributed by atoms with E-state index in [2.05, 4.69) is 0 Å². The Morgan fingerprint density at radius 1 is 1.21 bits per heavy atom. The summed E-state index contributed by atoms with van der Waals surface area (Å²) in [6, 6.07) is 3.17. The topological polar surface area (TPSA) is 88.1 Å². The van der Waals surface area contributed by atoms with Crippen LogP contribution < -0.4 is 9.47 Å². The molecule has 0 amide bonds. The summed E-state index contributed by atoms with van der Waals surface area (Å²) >= 11 is 1.96. The molecule has 128 valence electrons. The van der Waals surface area contributed by atoms with Crippen molar-refractivity contribution in [2.75, 3.05) is 7.11 Å². The van der Waals surface area contributed by atoms with Gasteiger partial charge in [0.25, 0.3) is 5.79 Å². The van der Waals surface area contributed by atoms with Crippen molar-refractivity contribution in [1.29, 1.82) is 0 Å². The van der Waals surface area contributed by atoms with Gasteiger partial charge in [-0.3, -0.25) is 4.79 Å². The van der Waals surface area contributed by atoms with Gasteiger partial charge in [-0.2, -0.15) is 0 Å². The van der Waals surface area contributed by atoms with E-state index >= 15 is 0 Å². The molecule has 1 aromatic carbocycles. The molecule has 0 saturated carbocycles. The summed E-state index contributed by atoms with van der Waals surface area (Å²) in [6.45, 7) is 4.22. The van der Waals surface area contributed by atoms with Gasteiger partial charge in [0.1, 0.15) is 5.57 Å². The first-order chi connectivity index (χ1) is 11.1. The molecule has 1 aliphatic heterocycles. The van der Waals surface area contributed by atoms with E-state index in [4.69, 9.17) is 18.9 Å². The second kappa shape index (κ2) is 6.80. The van der Waals surface area contributed by atoms with Crippen molar-refractivity contribution < 1.29 is 33.3 Å². The number of hydrogen-bond donors (Lipinski definition) is 0. The van der Waals surface area contributed by atoms with Crippen LogP contribution in [-0.4, -0.2) is 30.8 Å². The van der Waals surface area contributed by atoms with E-state index in [1.54, 1.807) is 6.07 Å². The molecule has 1 saturated heterocycles. The lowest BCUT2D eigenvalue weighted by Crippen LogP contribution is -2.41. The number of carbonyl (C=O) groups excluding carboxylic acids is 3. The highest BCUT2D eigenvalue weighted by Crippen LogP contribution is 2.35. The van der Waals surface area contributed by atoms with E-state index in [1.807, 2.05) is 22.6 Å². The Balaban J connectivity index is 2.43. The van der Waals surface area contributed by atoms with E-state index in [0.717, 1.165) is 0 Å². The predicted octanol–water partition coefficient (Wildman–Crippen LogP) is 2.44. The molecule has 2 rings (SSSR count). The zero-order valence-electron chi connectivity index (χ0n) is 13.5. The van der Waals surface area contributed by atoms with E-state index in [9.17, 15) is 14.4 Å². The largest absolute Gasteiger partial charge is 0.493 e. The molecule has 0 bridgehead atoms. The molecule has 0 unspecified atom stereocenters. The first-order valence-electron chi connectivity index (χ1n) is 6.87. The maximum atomic E-state index is 12.0. The van der Waals surface area contributed by atoms with Gasteiger partial charge in [-0.25, -0.2) is 9.59 Å². The Morgan fingerprint density at radius 3 is 2.29 bits per heavy atom. The molecule has 0 atom stereocenters. The zero-order chi connectivity index (χ0) is 18.1. The molecule has 24 heavy (non-hydrogen) atoms. The summed E-state index contributed by atoms with van der Waals surface area (Å²) in [5.74, 6) is -2.76. The number of methoxy groups -OCH3 is 1. The number of halogens is 1. The number of cyclic esters (lactones) is 2. The molecule has 7 nitrogen and oxygen atoms in total. The van der Waals surface area contributed by atoms with Crippen LogP contribution in [0.15, 0.2) is 17.7 Å². The number of ether oxygens (including phenoxy) is 4. The fourth-order valence-electron chi connectivity index (χ4n) is 2.01. The fraction of sp³-hybridized carbons (Fsp3) is 0.312. The van der Waals surface area contributed by atoms with Crippen LogP contribution in [-0.2, 0) is 23.9 Å². The molecule has 0 aromatic heterocycles. The number of hydrogen-bond acceptors (Lipinski definition) is 7. The van der Waals surface area contributed by atoms with E-state index in [-0.39, 0.29) is 11.3 Å². The average molecular weight is 446 g/mol. The molecule has 1 aromatic rings. The molecule has 1 aliphatic rings. The van der Waals surface area contributed by atoms with E-state index < -0.39 is 23.7 Å². The van der Waals surface area contributed by atoms with Crippen LogP contribution in [0.5, 0.6) is 11.5 Å². The van der Waals surface area contributed by atoms with Crippen LogP contribution in [0, 0.1) is 3.57 Å². The Kier molecular flexibility index (Phi) is 5.16. The van der Waals surface area contributed by atoms with Gasteiger partial charge in [0.05, 0.1) is 10.7 Å². The summed E-state index contributed by atoms with van der Waals surface area (Å²) in [4.78, 5) is 35.1. The minimum absolute atomic E-state index is 0.229. The van der Waals surface area contributed by atoms with Crippen LogP contribution in [0.2, 0.25) is 0 Å². The van der Waals surface area contributed by atoms with Crippen LogP contribution in [0.1, 0.15) is 26.3 Å². The van der Waals surface area contributed by atoms with Crippen molar-refractivity contribution in [3.05, 3.63) is 26.8 Å². The lowest BCUT2D eigenvalue weighted by molar-refractivity contribution is -0.222. The summed E-state index contributed by atoms with van der Waals surface area (Å²) in [5.41, 5.74) is 0.267. The Labute approximate surface area is 152 Å². The highest BCUT2D eigenvalue weighted by Gasteiger charge is 2.38. The molecule has 0 spiro atoms. The summed E-state index contributed by atoms with van der Waals surface area (Å²) in [6.07, 6.45) is 1.34. The number of esters is 3. The second-order valence-electron chi connectivity index (χ2n) is 5.36. The zero-order valence-corrected chi connectivity index (χ0v) is 15.6. The van der Waals surface area contributed by atoms with Gasteiger partial charge in [0.15, 0.2) is 11.5 Å². The second-order valence-corrected chi connectivity index (χ2v) is 6.53. The third-order valence-electron chi connectivity index (χ3n) is 2.93. The third-order valence-corrected chi connectivity index (χ3v) is 3.73.